The molecule has 5 heteroatoms. The van der Waals surface area contributed by atoms with E-state index in [9.17, 15) is 0 Å². The fraction of sp³-hybridized carbons (Fsp3) is 0.769. The summed E-state index contributed by atoms with van der Waals surface area (Å²) in [5.41, 5.74) is 0. The molecule has 0 atom stereocenters. The van der Waals surface area contributed by atoms with E-state index in [1.807, 2.05) is 6.20 Å². The van der Waals surface area contributed by atoms with Crippen molar-refractivity contribution in [3.05, 3.63) is 18.2 Å². The molecule has 2 heterocycles. The van der Waals surface area contributed by atoms with Crippen LogP contribution in [-0.4, -0.2) is 66.2 Å². The Morgan fingerprint density at radius 2 is 2.22 bits per heavy atom. The number of imidazole rings is 1. The molecule has 0 fully saturated rings. The van der Waals surface area contributed by atoms with E-state index in [1.54, 1.807) is 0 Å². The minimum absolute atomic E-state index is 0.992. The summed E-state index contributed by atoms with van der Waals surface area (Å²) in [6, 6.07) is 0. The van der Waals surface area contributed by atoms with E-state index >= 15 is 0 Å². The Hall–Kier alpha value is -0.910. The molecule has 2 rings (SSSR count). The van der Waals surface area contributed by atoms with Crippen LogP contribution in [0.5, 0.6) is 0 Å². The summed E-state index contributed by atoms with van der Waals surface area (Å²) in [5.74, 6) is 1.20. The lowest BCUT2D eigenvalue weighted by atomic mass is 10.3. The normalized spacial score (nSPS) is 16.2. The zero-order chi connectivity index (χ0) is 12.8. The van der Waals surface area contributed by atoms with Crippen LogP contribution in [0.15, 0.2) is 12.4 Å². The first-order valence-electron chi connectivity index (χ1n) is 6.83. The number of aromatic nitrogens is 2. The van der Waals surface area contributed by atoms with Gasteiger partial charge in [-0.25, -0.2) is 4.98 Å². The first-order valence-corrected chi connectivity index (χ1v) is 6.83. The molecule has 1 aliphatic rings. The number of nitrogens with one attached hydrogen (secondary N) is 1. The molecule has 5 nitrogen and oxygen atoms in total. The largest absolute Gasteiger partial charge is 0.333 e. The zero-order valence-corrected chi connectivity index (χ0v) is 11.6. The maximum absolute atomic E-state index is 4.38. The predicted molar refractivity (Wildman–Crippen MR) is 73.5 cm³/mol. The summed E-state index contributed by atoms with van der Waals surface area (Å²) in [4.78, 5) is 9.08. The molecular weight excluding hydrogens is 226 g/mol. The van der Waals surface area contributed by atoms with Crippen molar-refractivity contribution in [3.63, 3.8) is 0 Å². The molecule has 0 radical (unpaired) electrons. The summed E-state index contributed by atoms with van der Waals surface area (Å²) in [6.07, 6.45) is 5.20. The van der Waals surface area contributed by atoms with E-state index in [0.717, 1.165) is 45.8 Å². The minimum atomic E-state index is 0.992. The third-order valence-corrected chi connectivity index (χ3v) is 3.39. The molecule has 102 valence electrons. The van der Waals surface area contributed by atoms with Gasteiger partial charge in [0.05, 0.1) is 6.54 Å². The Balaban J connectivity index is 1.56. The lowest BCUT2D eigenvalue weighted by molar-refractivity contribution is 0.217. The van der Waals surface area contributed by atoms with Gasteiger partial charge in [-0.2, -0.15) is 0 Å². The highest BCUT2D eigenvalue weighted by atomic mass is 15.2. The Morgan fingerprint density at radius 3 is 3.06 bits per heavy atom. The first kappa shape index (κ1) is 13.5. The second kappa shape index (κ2) is 6.87. The molecule has 18 heavy (non-hydrogen) atoms. The third kappa shape index (κ3) is 4.08. The van der Waals surface area contributed by atoms with E-state index in [-0.39, 0.29) is 0 Å². The average molecular weight is 251 g/mol. The topological polar surface area (TPSA) is 36.3 Å². The van der Waals surface area contributed by atoms with Crippen molar-refractivity contribution < 1.29 is 0 Å². The van der Waals surface area contributed by atoms with Gasteiger partial charge in [0.15, 0.2) is 0 Å². The SMILES string of the molecule is CN(C)CCCNCCN1CCn2ccnc2C1. The van der Waals surface area contributed by atoms with Crippen LogP contribution in [0.3, 0.4) is 0 Å². The lowest BCUT2D eigenvalue weighted by Gasteiger charge is -2.27. The number of hydrogen-bond donors (Lipinski definition) is 1. The van der Waals surface area contributed by atoms with Crippen molar-refractivity contribution in [2.75, 3.05) is 46.8 Å². The molecule has 0 saturated carbocycles. The highest BCUT2D eigenvalue weighted by Crippen LogP contribution is 2.08. The van der Waals surface area contributed by atoms with Crippen molar-refractivity contribution in [1.82, 2.24) is 24.7 Å². The fourth-order valence-electron chi connectivity index (χ4n) is 2.30. The van der Waals surface area contributed by atoms with E-state index < -0.39 is 0 Å². The second-order valence-corrected chi connectivity index (χ2v) is 5.22. The number of nitrogens with zero attached hydrogens (tertiary/aromatic N) is 4. The molecule has 0 bridgehead atoms. The molecule has 0 unspecified atom stereocenters. The molecule has 0 saturated heterocycles. The summed E-state index contributed by atoms with van der Waals surface area (Å²) in [5, 5.41) is 3.51. The molecule has 0 aromatic carbocycles. The standard InChI is InChI=1S/C13H25N5/c1-16(2)7-3-4-14-5-8-17-10-11-18-9-6-15-13(18)12-17/h6,9,14H,3-5,7-8,10-12H2,1-2H3. The van der Waals surface area contributed by atoms with Crippen LogP contribution in [0.1, 0.15) is 12.2 Å². The Labute approximate surface area is 110 Å². The van der Waals surface area contributed by atoms with Crippen molar-refractivity contribution >= 4 is 0 Å². The monoisotopic (exact) mass is 251 g/mol. The van der Waals surface area contributed by atoms with Gasteiger partial charge in [0.1, 0.15) is 5.82 Å². The summed E-state index contributed by atoms with van der Waals surface area (Å²) >= 11 is 0. The summed E-state index contributed by atoms with van der Waals surface area (Å²) in [6.45, 7) is 7.68. The Kier molecular flexibility index (Phi) is 5.16. The van der Waals surface area contributed by atoms with Crippen LogP contribution in [0.2, 0.25) is 0 Å². The zero-order valence-electron chi connectivity index (χ0n) is 11.6. The van der Waals surface area contributed by atoms with Crippen molar-refractivity contribution in [2.45, 2.75) is 19.5 Å². The van der Waals surface area contributed by atoms with Gasteiger partial charge in [-0.15, -0.1) is 0 Å². The van der Waals surface area contributed by atoms with E-state index in [1.165, 1.54) is 12.2 Å². The summed E-state index contributed by atoms with van der Waals surface area (Å²) in [7, 11) is 4.24. The van der Waals surface area contributed by atoms with Gasteiger partial charge < -0.3 is 14.8 Å². The highest BCUT2D eigenvalue weighted by molar-refractivity contribution is 4.95. The van der Waals surface area contributed by atoms with Crippen molar-refractivity contribution in [3.8, 4) is 0 Å². The molecule has 0 amide bonds. The maximum atomic E-state index is 4.38. The van der Waals surface area contributed by atoms with Gasteiger partial charge in [-0.1, -0.05) is 0 Å². The minimum Gasteiger partial charge on any atom is -0.333 e. The highest BCUT2D eigenvalue weighted by Gasteiger charge is 2.15. The van der Waals surface area contributed by atoms with Crippen molar-refractivity contribution in [1.29, 1.82) is 0 Å². The van der Waals surface area contributed by atoms with Crippen LogP contribution in [0.4, 0.5) is 0 Å². The van der Waals surface area contributed by atoms with Gasteiger partial charge in [0.25, 0.3) is 0 Å². The lowest BCUT2D eigenvalue weighted by Crippen LogP contribution is -2.38. The van der Waals surface area contributed by atoms with Crippen LogP contribution in [0.25, 0.3) is 0 Å². The maximum Gasteiger partial charge on any atom is 0.122 e. The van der Waals surface area contributed by atoms with Gasteiger partial charge in [0.2, 0.25) is 0 Å². The van der Waals surface area contributed by atoms with Gasteiger partial charge in [-0.3, -0.25) is 4.90 Å². The molecule has 0 aliphatic carbocycles. The van der Waals surface area contributed by atoms with E-state index in [4.69, 9.17) is 0 Å². The molecule has 1 N–H and O–H groups in total. The molecule has 1 aliphatic heterocycles. The fourth-order valence-corrected chi connectivity index (χ4v) is 2.30. The van der Waals surface area contributed by atoms with Crippen molar-refractivity contribution in [2.24, 2.45) is 0 Å². The van der Waals surface area contributed by atoms with Gasteiger partial charge in [-0.05, 0) is 33.6 Å². The average Bonchev–Trinajstić information content (AvgIpc) is 2.80. The smallest absolute Gasteiger partial charge is 0.122 e. The Bertz CT molecular complexity index is 347. The van der Waals surface area contributed by atoms with E-state index in [2.05, 4.69) is 45.0 Å². The quantitative estimate of drug-likeness (QED) is 0.704. The van der Waals surface area contributed by atoms with Gasteiger partial charge in [0, 0.05) is 38.6 Å². The number of fused-ring (bicyclic) bond motifs is 1. The predicted octanol–water partition coefficient (Wildman–Crippen LogP) is 0.240. The van der Waals surface area contributed by atoms with Crippen LogP contribution < -0.4 is 5.32 Å². The van der Waals surface area contributed by atoms with Crippen LogP contribution in [-0.2, 0) is 13.1 Å². The van der Waals surface area contributed by atoms with Gasteiger partial charge >= 0.3 is 0 Å². The number of rotatable bonds is 7. The molecule has 1 aromatic heterocycles. The summed E-state index contributed by atoms with van der Waals surface area (Å²) < 4.78 is 2.25. The first-order chi connectivity index (χ1) is 8.75. The van der Waals surface area contributed by atoms with E-state index in [0.29, 0.717) is 0 Å². The molecular formula is C13H25N5. The third-order valence-electron chi connectivity index (χ3n) is 3.39. The Morgan fingerprint density at radius 1 is 1.33 bits per heavy atom. The molecule has 1 aromatic rings. The van der Waals surface area contributed by atoms with Crippen LogP contribution >= 0.6 is 0 Å². The molecule has 0 spiro atoms. The second-order valence-electron chi connectivity index (χ2n) is 5.22. The van der Waals surface area contributed by atoms with Crippen LogP contribution in [0, 0.1) is 0 Å². The number of hydrogen-bond acceptors (Lipinski definition) is 4.